The molecule has 2 aromatic carbocycles. The molecule has 0 unspecified atom stereocenters. The van der Waals surface area contributed by atoms with Gasteiger partial charge in [-0.25, -0.2) is 0 Å². The zero-order valence-electron chi connectivity index (χ0n) is 11.8. The van der Waals surface area contributed by atoms with E-state index in [-0.39, 0.29) is 5.69 Å². The average Bonchev–Trinajstić information content (AvgIpc) is 2.54. The monoisotopic (exact) mass is 301 g/mol. The Morgan fingerprint density at radius 1 is 1.09 bits per heavy atom. The summed E-state index contributed by atoms with van der Waals surface area (Å²) in [7, 11) is 1.49. The SMILES string of the molecule is COc1ccc(NC(=O)C(F)(F)C#Cc2ccccc2)cc1. The van der Waals surface area contributed by atoms with Gasteiger partial charge >= 0.3 is 11.8 Å². The van der Waals surface area contributed by atoms with Crippen LogP contribution in [0, 0.1) is 11.8 Å². The Morgan fingerprint density at radius 3 is 2.32 bits per heavy atom. The van der Waals surface area contributed by atoms with Gasteiger partial charge in [0.25, 0.3) is 0 Å². The number of halogens is 2. The van der Waals surface area contributed by atoms with Gasteiger partial charge in [-0.3, -0.25) is 4.79 Å². The third kappa shape index (κ3) is 4.06. The van der Waals surface area contributed by atoms with Gasteiger partial charge in [0.05, 0.1) is 7.11 Å². The minimum absolute atomic E-state index is 0.243. The van der Waals surface area contributed by atoms with E-state index < -0.39 is 11.8 Å². The molecule has 0 saturated heterocycles. The zero-order chi connectivity index (χ0) is 16.0. The third-order valence-corrected chi connectivity index (χ3v) is 2.77. The van der Waals surface area contributed by atoms with E-state index in [2.05, 4.69) is 11.2 Å². The van der Waals surface area contributed by atoms with Gasteiger partial charge in [-0.2, -0.15) is 8.78 Å². The summed E-state index contributed by atoms with van der Waals surface area (Å²) in [5.74, 6) is -0.703. The number of hydrogen-bond acceptors (Lipinski definition) is 2. The van der Waals surface area contributed by atoms with E-state index in [1.165, 1.54) is 19.2 Å². The Balaban J connectivity index is 2.08. The highest BCUT2D eigenvalue weighted by Gasteiger charge is 2.36. The van der Waals surface area contributed by atoms with Crippen LogP contribution in [0.3, 0.4) is 0 Å². The van der Waals surface area contributed by atoms with E-state index in [1.54, 1.807) is 48.4 Å². The molecule has 1 amide bonds. The molecule has 5 heteroatoms. The molecule has 0 aliphatic rings. The molecule has 0 aromatic heterocycles. The fourth-order valence-electron chi connectivity index (χ4n) is 1.61. The normalized spacial score (nSPS) is 10.3. The fourth-order valence-corrected chi connectivity index (χ4v) is 1.61. The minimum atomic E-state index is -3.78. The molecular formula is C17H13F2NO2. The highest BCUT2D eigenvalue weighted by molar-refractivity contribution is 5.98. The van der Waals surface area contributed by atoms with E-state index in [0.717, 1.165) is 0 Å². The number of methoxy groups -OCH3 is 1. The van der Waals surface area contributed by atoms with Crippen molar-refractivity contribution < 1.29 is 18.3 Å². The lowest BCUT2D eigenvalue weighted by atomic mass is 10.2. The fraction of sp³-hybridized carbons (Fsp3) is 0.118. The first-order valence-electron chi connectivity index (χ1n) is 6.43. The summed E-state index contributed by atoms with van der Waals surface area (Å²) < 4.78 is 32.4. The summed E-state index contributed by atoms with van der Waals surface area (Å²) in [4.78, 5) is 11.6. The number of benzene rings is 2. The van der Waals surface area contributed by atoms with Crippen LogP contribution in [-0.2, 0) is 4.79 Å². The number of ether oxygens (including phenoxy) is 1. The molecule has 0 spiro atoms. The highest BCUT2D eigenvalue weighted by Crippen LogP contribution is 2.19. The summed E-state index contributed by atoms with van der Waals surface area (Å²) in [6.45, 7) is 0. The first kappa shape index (κ1) is 15.5. The lowest BCUT2D eigenvalue weighted by Crippen LogP contribution is -2.33. The molecule has 0 heterocycles. The van der Waals surface area contributed by atoms with Crippen molar-refractivity contribution in [3.63, 3.8) is 0 Å². The van der Waals surface area contributed by atoms with Gasteiger partial charge in [-0.05, 0) is 42.3 Å². The van der Waals surface area contributed by atoms with Gasteiger partial charge in [0.1, 0.15) is 5.75 Å². The number of carbonyl (C=O) groups excluding carboxylic acids is 1. The van der Waals surface area contributed by atoms with Crippen LogP contribution >= 0.6 is 0 Å². The quantitative estimate of drug-likeness (QED) is 0.883. The maximum atomic E-state index is 13.7. The van der Waals surface area contributed by atoms with Crippen LogP contribution in [0.5, 0.6) is 5.75 Å². The van der Waals surface area contributed by atoms with Crippen LogP contribution in [0.1, 0.15) is 5.56 Å². The summed E-state index contributed by atoms with van der Waals surface area (Å²) in [6.07, 6.45) is 0. The number of carbonyl (C=O) groups is 1. The van der Waals surface area contributed by atoms with Crippen molar-refractivity contribution in [1.82, 2.24) is 0 Å². The predicted octanol–water partition coefficient (Wildman–Crippen LogP) is 3.32. The van der Waals surface area contributed by atoms with Crippen molar-refractivity contribution in [2.45, 2.75) is 5.92 Å². The second kappa shape index (κ2) is 6.72. The summed E-state index contributed by atoms with van der Waals surface area (Å²) >= 11 is 0. The number of nitrogens with one attached hydrogen (secondary N) is 1. The van der Waals surface area contributed by atoms with Gasteiger partial charge in [0.15, 0.2) is 0 Å². The second-order valence-electron chi connectivity index (χ2n) is 4.37. The van der Waals surface area contributed by atoms with Crippen molar-refractivity contribution in [1.29, 1.82) is 0 Å². The second-order valence-corrected chi connectivity index (χ2v) is 4.37. The summed E-state index contributed by atoms with van der Waals surface area (Å²) in [6, 6.07) is 14.3. The number of rotatable bonds is 3. The van der Waals surface area contributed by atoms with Crippen molar-refractivity contribution in [3.8, 4) is 17.6 Å². The van der Waals surface area contributed by atoms with Gasteiger partial charge in [-0.1, -0.05) is 24.1 Å². The Bertz CT molecular complexity index is 701. The lowest BCUT2D eigenvalue weighted by molar-refractivity contribution is -0.132. The van der Waals surface area contributed by atoms with E-state index in [1.807, 2.05) is 0 Å². The van der Waals surface area contributed by atoms with Gasteiger partial charge in [0.2, 0.25) is 0 Å². The summed E-state index contributed by atoms with van der Waals surface area (Å²) in [5, 5.41) is 2.12. The zero-order valence-corrected chi connectivity index (χ0v) is 11.8. The molecular weight excluding hydrogens is 288 g/mol. The van der Waals surface area contributed by atoms with E-state index in [0.29, 0.717) is 11.3 Å². The van der Waals surface area contributed by atoms with Gasteiger partial charge in [-0.15, -0.1) is 0 Å². The topological polar surface area (TPSA) is 38.3 Å². The van der Waals surface area contributed by atoms with E-state index >= 15 is 0 Å². The standard InChI is InChI=1S/C17H13F2NO2/c1-22-15-9-7-14(8-10-15)20-16(21)17(18,19)12-11-13-5-3-2-4-6-13/h2-10H,1H3,(H,20,21). The van der Waals surface area contributed by atoms with Gasteiger partial charge < -0.3 is 10.1 Å². The van der Waals surface area contributed by atoms with Gasteiger partial charge in [0, 0.05) is 11.3 Å². The Kier molecular flexibility index (Phi) is 4.74. The number of hydrogen-bond donors (Lipinski definition) is 1. The Labute approximate surface area is 126 Å². The van der Waals surface area contributed by atoms with Crippen LogP contribution in [0.4, 0.5) is 14.5 Å². The van der Waals surface area contributed by atoms with Crippen molar-refractivity contribution in [3.05, 3.63) is 60.2 Å². The van der Waals surface area contributed by atoms with Crippen molar-refractivity contribution in [2.75, 3.05) is 12.4 Å². The molecule has 2 rings (SSSR count). The number of alkyl halides is 2. The molecule has 0 aliphatic heterocycles. The third-order valence-electron chi connectivity index (χ3n) is 2.77. The molecule has 0 radical (unpaired) electrons. The largest absolute Gasteiger partial charge is 0.497 e. The molecule has 0 fully saturated rings. The number of amides is 1. The lowest BCUT2D eigenvalue weighted by Gasteiger charge is -2.10. The van der Waals surface area contributed by atoms with Crippen LogP contribution < -0.4 is 10.1 Å². The minimum Gasteiger partial charge on any atom is -0.497 e. The molecule has 0 atom stereocenters. The maximum Gasteiger partial charge on any atom is 0.385 e. The van der Waals surface area contributed by atoms with Crippen molar-refractivity contribution in [2.24, 2.45) is 0 Å². The first-order chi connectivity index (χ1) is 10.5. The molecule has 22 heavy (non-hydrogen) atoms. The molecule has 0 aliphatic carbocycles. The van der Waals surface area contributed by atoms with E-state index in [9.17, 15) is 13.6 Å². The van der Waals surface area contributed by atoms with Crippen LogP contribution in [-0.4, -0.2) is 18.9 Å². The predicted molar refractivity (Wildman–Crippen MR) is 79.9 cm³/mol. The molecule has 2 aromatic rings. The van der Waals surface area contributed by atoms with E-state index in [4.69, 9.17) is 4.74 Å². The molecule has 0 bridgehead atoms. The Hall–Kier alpha value is -2.87. The van der Waals surface area contributed by atoms with Crippen LogP contribution in [0.25, 0.3) is 0 Å². The van der Waals surface area contributed by atoms with Crippen LogP contribution in [0.2, 0.25) is 0 Å². The van der Waals surface area contributed by atoms with Crippen LogP contribution in [0.15, 0.2) is 54.6 Å². The maximum absolute atomic E-state index is 13.7. The van der Waals surface area contributed by atoms with Crippen molar-refractivity contribution >= 4 is 11.6 Å². The molecule has 0 saturated carbocycles. The average molecular weight is 301 g/mol. The highest BCUT2D eigenvalue weighted by atomic mass is 19.3. The Morgan fingerprint density at radius 2 is 1.73 bits per heavy atom. The summed E-state index contributed by atoms with van der Waals surface area (Å²) in [5.41, 5.74) is 0.659. The smallest absolute Gasteiger partial charge is 0.385 e. The molecule has 1 N–H and O–H groups in total. The molecule has 3 nitrogen and oxygen atoms in total. The number of anilines is 1. The molecule has 112 valence electrons. The first-order valence-corrected chi connectivity index (χ1v) is 6.43.